The molecule has 2 fully saturated rings. The molecule has 0 aliphatic carbocycles. The van der Waals surface area contributed by atoms with Crippen molar-refractivity contribution >= 4 is 5.91 Å². The quantitative estimate of drug-likeness (QED) is 0.842. The van der Waals surface area contributed by atoms with E-state index in [1.54, 1.807) is 11.0 Å². The minimum Gasteiger partial charge on any atom is -0.359 e. The molecule has 0 aromatic carbocycles. The number of carbonyl (C=O) groups is 1. The van der Waals surface area contributed by atoms with Crippen molar-refractivity contribution in [3.05, 3.63) is 17.5 Å². The Morgan fingerprint density at radius 3 is 2.68 bits per heavy atom. The maximum atomic E-state index is 12.3. The highest BCUT2D eigenvalue weighted by molar-refractivity contribution is 5.92. The van der Waals surface area contributed by atoms with Crippen LogP contribution in [0, 0.1) is 0 Å². The van der Waals surface area contributed by atoms with E-state index in [0.717, 1.165) is 51.4 Å². The Kier molecular flexibility index (Phi) is 4.75. The number of nitrogens with zero attached hydrogens (tertiary/aromatic N) is 4. The van der Waals surface area contributed by atoms with E-state index in [4.69, 9.17) is 10.3 Å². The Balaban J connectivity index is 1.54. The summed E-state index contributed by atoms with van der Waals surface area (Å²) in [4.78, 5) is 18.8. The molecule has 122 valence electrons. The molecule has 0 bridgehead atoms. The van der Waals surface area contributed by atoms with Crippen LogP contribution >= 0.6 is 0 Å². The average molecular weight is 307 g/mol. The van der Waals surface area contributed by atoms with Gasteiger partial charge in [0.2, 0.25) is 0 Å². The van der Waals surface area contributed by atoms with Crippen LogP contribution in [0.3, 0.4) is 0 Å². The van der Waals surface area contributed by atoms with Gasteiger partial charge in [-0.25, -0.2) is 0 Å². The summed E-state index contributed by atoms with van der Waals surface area (Å²) in [5, 5.41) is 3.94. The van der Waals surface area contributed by atoms with E-state index in [-0.39, 0.29) is 11.9 Å². The van der Waals surface area contributed by atoms with E-state index >= 15 is 0 Å². The zero-order valence-electron chi connectivity index (χ0n) is 13.2. The summed E-state index contributed by atoms with van der Waals surface area (Å²) in [6, 6.07) is 1.86. The number of aromatic nitrogens is 1. The fourth-order valence-corrected chi connectivity index (χ4v) is 3.11. The Labute approximate surface area is 131 Å². The highest BCUT2D eigenvalue weighted by atomic mass is 16.5. The lowest BCUT2D eigenvalue weighted by Gasteiger charge is -2.33. The van der Waals surface area contributed by atoms with Gasteiger partial charge in [-0.05, 0) is 13.0 Å². The van der Waals surface area contributed by atoms with E-state index in [9.17, 15) is 4.79 Å². The van der Waals surface area contributed by atoms with E-state index < -0.39 is 0 Å². The molecule has 1 amide bonds. The summed E-state index contributed by atoms with van der Waals surface area (Å²) in [6.45, 7) is 9.56. The van der Waals surface area contributed by atoms with Gasteiger partial charge in [0.1, 0.15) is 0 Å². The van der Waals surface area contributed by atoms with Gasteiger partial charge in [-0.2, -0.15) is 0 Å². The zero-order valence-corrected chi connectivity index (χ0v) is 13.2. The minimum absolute atomic E-state index is 0.0706. The van der Waals surface area contributed by atoms with Crippen LogP contribution in [0.1, 0.15) is 29.6 Å². The molecule has 1 atom stereocenters. The molecule has 7 heteroatoms. The van der Waals surface area contributed by atoms with E-state index in [1.807, 2.05) is 0 Å². The molecule has 2 aliphatic rings. The third kappa shape index (κ3) is 3.48. The third-order valence-corrected chi connectivity index (χ3v) is 4.58. The van der Waals surface area contributed by atoms with Crippen molar-refractivity contribution in [2.24, 2.45) is 5.73 Å². The van der Waals surface area contributed by atoms with Gasteiger partial charge >= 0.3 is 0 Å². The molecule has 1 aromatic heterocycles. The molecule has 7 nitrogen and oxygen atoms in total. The number of carbonyl (C=O) groups excluding carboxylic acids is 1. The molecule has 3 rings (SSSR count). The van der Waals surface area contributed by atoms with Gasteiger partial charge in [0.25, 0.3) is 5.91 Å². The van der Waals surface area contributed by atoms with Crippen molar-refractivity contribution in [3.63, 3.8) is 0 Å². The fourth-order valence-electron chi connectivity index (χ4n) is 3.11. The molecule has 2 N–H and O–H groups in total. The molecule has 3 heterocycles. The first-order valence-electron chi connectivity index (χ1n) is 8.11. The molecule has 1 unspecified atom stereocenters. The lowest BCUT2D eigenvalue weighted by Crippen LogP contribution is -2.45. The number of rotatable bonds is 4. The fraction of sp³-hybridized carbons (Fsp3) is 0.733. The minimum atomic E-state index is -0.0706. The maximum absolute atomic E-state index is 12.3. The van der Waals surface area contributed by atoms with Crippen LogP contribution in [-0.4, -0.2) is 77.6 Å². The summed E-state index contributed by atoms with van der Waals surface area (Å²) >= 11 is 0. The first-order chi connectivity index (χ1) is 10.7. The molecule has 2 saturated heterocycles. The average Bonchev–Trinajstić information content (AvgIpc) is 3.16. The number of likely N-dealkylation sites (tertiary alicyclic amines) is 1. The normalized spacial score (nSPS) is 24.1. The number of amides is 1. The zero-order chi connectivity index (χ0) is 15.5. The van der Waals surface area contributed by atoms with Crippen LogP contribution in [-0.2, 0) is 6.54 Å². The Morgan fingerprint density at radius 1 is 1.32 bits per heavy atom. The van der Waals surface area contributed by atoms with Gasteiger partial charge in [0.05, 0.1) is 6.54 Å². The van der Waals surface area contributed by atoms with Crippen molar-refractivity contribution in [2.75, 3.05) is 45.8 Å². The summed E-state index contributed by atoms with van der Waals surface area (Å²) in [5.74, 6) is 0.690. The van der Waals surface area contributed by atoms with Gasteiger partial charge in [0, 0.05) is 51.4 Å². The highest BCUT2D eigenvalue weighted by Crippen LogP contribution is 2.14. The molecular weight excluding hydrogens is 282 g/mol. The summed E-state index contributed by atoms with van der Waals surface area (Å²) in [7, 11) is 0. The molecule has 0 saturated carbocycles. The van der Waals surface area contributed by atoms with Crippen molar-refractivity contribution in [1.29, 1.82) is 0 Å². The maximum Gasteiger partial charge on any atom is 0.276 e. The summed E-state index contributed by atoms with van der Waals surface area (Å²) in [6.07, 6.45) is 0.859. The Morgan fingerprint density at radius 2 is 2.05 bits per heavy atom. The second-order valence-corrected chi connectivity index (χ2v) is 6.19. The Hall–Kier alpha value is -1.44. The summed E-state index contributed by atoms with van der Waals surface area (Å²) < 4.78 is 5.34. The smallest absolute Gasteiger partial charge is 0.276 e. The SMILES string of the molecule is CCN1CCN(Cc2cc(C(=O)N3CCC(N)C3)no2)CC1. The predicted octanol–water partition coefficient (Wildman–Crippen LogP) is -0.0147. The van der Waals surface area contributed by atoms with Crippen molar-refractivity contribution in [1.82, 2.24) is 19.9 Å². The van der Waals surface area contributed by atoms with Crippen molar-refractivity contribution in [3.8, 4) is 0 Å². The lowest BCUT2D eigenvalue weighted by atomic mass is 10.2. The third-order valence-electron chi connectivity index (χ3n) is 4.58. The van der Waals surface area contributed by atoms with Gasteiger partial charge in [0.15, 0.2) is 11.5 Å². The number of hydrogen-bond donors (Lipinski definition) is 1. The second-order valence-electron chi connectivity index (χ2n) is 6.19. The van der Waals surface area contributed by atoms with Crippen LogP contribution in [0.2, 0.25) is 0 Å². The van der Waals surface area contributed by atoms with Crippen LogP contribution in [0.25, 0.3) is 0 Å². The van der Waals surface area contributed by atoms with Crippen LogP contribution in [0.15, 0.2) is 10.6 Å². The van der Waals surface area contributed by atoms with Gasteiger partial charge in [-0.3, -0.25) is 9.69 Å². The number of piperazine rings is 1. The molecular formula is C15H25N5O2. The summed E-state index contributed by atoms with van der Waals surface area (Å²) in [5.41, 5.74) is 6.24. The van der Waals surface area contributed by atoms with Crippen LogP contribution in [0.4, 0.5) is 0 Å². The standard InChI is InChI=1S/C15H25N5O2/c1-2-18-5-7-19(8-6-18)11-13-9-14(17-22-13)15(21)20-4-3-12(16)10-20/h9,12H,2-8,10-11,16H2,1H3. The van der Waals surface area contributed by atoms with E-state index in [2.05, 4.69) is 21.9 Å². The molecule has 0 spiro atoms. The molecule has 22 heavy (non-hydrogen) atoms. The molecule has 1 aromatic rings. The Bertz CT molecular complexity index is 510. The van der Waals surface area contributed by atoms with Crippen molar-refractivity contribution in [2.45, 2.75) is 25.9 Å². The predicted molar refractivity (Wildman–Crippen MR) is 82.4 cm³/mol. The number of hydrogen-bond acceptors (Lipinski definition) is 6. The number of likely N-dealkylation sites (N-methyl/N-ethyl adjacent to an activating group) is 1. The van der Waals surface area contributed by atoms with Gasteiger partial charge in [-0.1, -0.05) is 12.1 Å². The van der Waals surface area contributed by atoms with Crippen LogP contribution < -0.4 is 5.73 Å². The lowest BCUT2D eigenvalue weighted by molar-refractivity contribution is 0.0780. The van der Waals surface area contributed by atoms with Gasteiger partial charge in [-0.15, -0.1) is 0 Å². The molecule has 0 radical (unpaired) electrons. The van der Waals surface area contributed by atoms with Crippen LogP contribution in [0.5, 0.6) is 0 Å². The monoisotopic (exact) mass is 307 g/mol. The second kappa shape index (κ2) is 6.76. The van der Waals surface area contributed by atoms with E-state index in [1.165, 1.54) is 0 Å². The first kappa shape index (κ1) is 15.5. The number of nitrogens with two attached hydrogens (primary N) is 1. The van der Waals surface area contributed by atoms with Gasteiger partial charge < -0.3 is 20.1 Å². The molecule has 2 aliphatic heterocycles. The topological polar surface area (TPSA) is 78.8 Å². The van der Waals surface area contributed by atoms with E-state index in [0.29, 0.717) is 18.8 Å². The van der Waals surface area contributed by atoms with Crippen molar-refractivity contribution < 1.29 is 9.32 Å². The highest BCUT2D eigenvalue weighted by Gasteiger charge is 2.27. The first-order valence-corrected chi connectivity index (χ1v) is 8.11. The largest absolute Gasteiger partial charge is 0.359 e.